The van der Waals surface area contributed by atoms with E-state index in [0.717, 1.165) is 11.3 Å². The van der Waals surface area contributed by atoms with Crippen LogP contribution in [0.4, 0.5) is 22.0 Å². The van der Waals surface area contributed by atoms with Crippen molar-refractivity contribution in [3.63, 3.8) is 0 Å². The fraction of sp³-hybridized carbons (Fsp3) is 0.231. The second-order valence-electron chi connectivity index (χ2n) is 4.00. The smallest absolute Gasteiger partial charge is 0.200 e. The molecule has 1 atom stereocenters. The largest absolute Gasteiger partial charge is 0.203 e. The number of benzene rings is 1. The summed E-state index contributed by atoms with van der Waals surface area (Å²) < 4.78 is 66.7. The van der Waals surface area contributed by atoms with E-state index in [4.69, 9.17) is 0 Å². The Morgan fingerprint density at radius 2 is 1.45 bits per heavy atom. The maximum atomic E-state index is 13.7. The topological polar surface area (TPSA) is 0 Å². The highest BCUT2D eigenvalue weighted by atomic mass is 79.9. The number of aryl methyl sites for hydroxylation is 1. The molecule has 1 heterocycles. The molecule has 1 aromatic heterocycles. The van der Waals surface area contributed by atoms with Crippen molar-refractivity contribution < 1.29 is 22.0 Å². The molecule has 0 N–H and O–H groups in total. The van der Waals surface area contributed by atoms with Gasteiger partial charge in [-0.05, 0) is 18.6 Å². The molecule has 2 rings (SSSR count). The summed E-state index contributed by atoms with van der Waals surface area (Å²) in [6.07, 6.45) is 0.724. The molecule has 7 heteroatoms. The fourth-order valence-electron chi connectivity index (χ4n) is 1.71. The minimum Gasteiger partial charge on any atom is -0.203 e. The molecule has 1 aromatic carbocycles. The van der Waals surface area contributed by atoms with Crippen LogP contribution in [0, 0.1) is 29.1 Å². The third-order valence-electron chi connectivity index (χ3n) is 2.78. The molecule has 0 spiro atoms. The zero-order chi connectivity index (χ0) is 15.0. The number of halogens is 6. The first-order valence-electron chi connectivity index (χ1n) is 5.62. The van der Waals surface area contributed by atoms with E-state index in [1.54, 1.807) is 12.1 Å². The standard InChI is InChI=1S/C13H8BrF5S/c1-2-5-3-4-6(20-5)8(14)7-9(15)11(17)13(19)12(18)10(7)16/h3-4,8H,2H2,1H3. The molecule has 0 saturated carbocycles. The first-order valence-corrected chi connectivity index (χ1v) is 7.35. The molecule has 2 aromatic rings. The van der Waals surface area contributed by atoms with Gasteiger partial charge in [-0.25, -0.2) is 22.0 Å². The first kappa shape index (κ1) is 15.4. The lowest BCUT2D eigenvalue weighted by Crippen LogP contribution is -2.08. The Balaban J connectivity index is 2.57. The Bertz CT molecular complexity index is 623. The van der Waals surface area contributed by atoms with E-state index < -0.39 is 39.5 Å². The van der Waals surface area contributed by atoms with Crippen molar-refractivity contribution in [2.24, 2.45) is 0 Å². The summed E-state index contributed by atoms with van der Waals surface area (Å²) in [5.41, 5.74) is -0.870. The van der Waals surface area contributed by atoms with Gasteiger partial charge in [0.05, 0.1) is 4.83 Å². The Morgan fingerprint density at radius 1 is 0.950 bits per heavy atom. The van der Waals surface area contributed by atoms with Gasteiger partial charge in [0.2, 0.25) is 5.82 Å². The van der Waals surface area contributed by atoms with Gasteiger partial charge in [-0.2, -0.15) is 0 Å². The van der Waals surface area contributed by atoms with Crippen LogP contribution < -0.4 is 0 Å². The number of hydrogen-bond acceptors (Lipinski definition) is 1. The van der Waals surface area contributed by atoms with E-state index in [1.165, 1.54) is 11.3 Å². The molecule has 20 heavy (non-hydrogen) atoms. The highest BCUT2D eigenvalue weighted by Crippen LogP contribution is 2.39. The predicted molar refractivity (Wildman–Crippen MR) is 70.7 cm³/mol. The van der Waals surface area contributed by atoms with Gasteiger partial charge in [-0.15, -0.1) is 11.3 Å². The van der Waals surface area contributed by atoms with Gasteiger partial charge >= 0.3 is 0 Å². The summed E-state index contributed by atoms with van der Waals surface area (Å²) in [5.74, 6) is -9.64. The lowest BCUT2D eigenvalue weighted by atomic mass is 10.1. The zero-order valence-electron chi connectivity index (χ0n) is 10.1. The van der Waals surface area contributed by atoms with Gasteiger partial charge in [-0.3, -0.25) is 0 Å². The van der Waals surface area contributed by atoms with Crippen LogP contribution in [0.5, 0.6) is 0 Å². The van der Waals surface area contributed by atoms with Crippen molar-refractivity contribution >= 4 is 27.3 Å². The summed E-state index contributed by atoms with van der Waals surface area (Å²) in [6.45, 7) is 1.90. The summed E-state index contributed by atoms with van der Waals surface area (Å²) in [6, 6.07) is 3.35. The molecule has 1 unspecified atom stereocenters. The van der Waals surface area contributed by atoms with Crippen LogP contribution in [0.3, 0.4) is 0 Å². The molecule has 0 fully saturated rings. The lowest BCUT2D eigenvalue weighted by molar-refractivity contribution is 0.371. The van der Waals surface area contributed by atoms with Crippen molar-refractivity contribution in [3.05, 3.63) is 56.5 Å². The molecule has 0 nitrogen and oxygen atoms in total. The van der Waals surface area contributed by atoms with E-state index in [-0.39, 0.29) is 0 Å². The lowest BCUT2D eigenvalue weighted by Gasteiger charge is -2.12. The zero-order valence-corrected chi connectivity index (χ0v) is 12.5. The second-order valence-corrected chi connectivity index (χ2v) is 6.12. The van der Waals surface area contributed by atoms with E-state index in [1.807, 2.05) is 6.92 Å². The number of alkyl halides is 1. The average molecular weight is 371 g/mol. The van der Waals surface area contributed by atoms with Crippen LogP contribution in [0.1, 0.15) is 27.1 Å². The minimum absolute atomic E-state index is 0.477. The SMILES string of the molecule is CCc1ccc(C(Br)c2c(F)c(F)c(F)c(F)c2F)s1. The number of thiophene rings is 1. The van der Waals surface area contributed by atoms with Gasteiger partial charge in [0.25, 0.3) is 0 Å². The van der Waals surface area contributed by atoms with Crippen LogP contribution >= 0.6 is 27.3 Å². The molecular formula is C13H8BrF5S. The molecule has 0 bridgehead atoms. The van der Waals surface area contributed by atoms with Crippen molar-refractivity contribution in [3.8, 4) is 0 Å². The van der Waals surface area contributed by atoms with Gasteiger partial charge in [0.1, 0.15) is 0 Å². The van der Waals surface area contributed by atoms with E-state index in [0.29, 0.717) is 4.88 Å². The molecule has 0 radical (unpaired) electrons. The van der Waals surface area contributed by atoms with Crippen LogP contribution in [-0.2, 0) is 6.42 Å². The van der Waals surface area contributed by atoms with Crippen molar-refractivity contribution in [2.45, 2.75) is 18.2 Å². The number of rotatable bonds is 3. The molecule has 108 valence electrons. The Hall–Kier alpha value is -0.950. The molecule has 0 aliphatic heterocycles. The third-order valence-corrected chi connectivity index (χ3v) is 5.33. The Kier molecular flexibility index (Phi) is 4.49. The fourth-order valence-corrected chi connectivity index (χ4v) is 3.48. The van der Waals surface area contributed by atoms with E-state index in [9.17, 15) is 22.0 Å². The average Bonchev–Trinajstić information content (AvgIpc) is 2.92. The maximum Gasteiger partial charge on any atom is 0.200 e. The minimum atomic E-state index is -2.15. The van der Waals surface area contributed by atoms with Gasteiger partial charge in [0.15, 0.2) is 23.3 Å². The normalized spacial score (nSPS) is 12.8. The van der Waals surface area contributed by atoms with Crippen LogP contribution in [0.15, 0.2) is 12.1 Å². The van der Waals surface area contributed by atoms with Crippen LogP contribution in [-0.4, -0.2) is 0 Å². The second kappa shape index (κ2) is 5.81. The summed E-state index contributed by atoms with van der Waals surface area (Å²) in [7, 11) is 0. The van der Waals surface area contributed by atoms with E-state index >= 15 is 0 Å². The molecule has 0 amide bonds. The molecule has 0 saturated heterocycles. The molecule has 0 aliphatic carbocycles. The summed E-state index contributed by atoms with van der Waals surface area (Å²) >= 11 is 4.26. The van der Waals surface area contributed by atoms with Gasteiger partial charge in [0, 0.05) is 15.3 Å². The summed E-state index contributed by atoms with van der Waals surface area (Å²) in [4.78, 5) is 0.343. The van der Waals surface area contributed by atoms with Crippen molar-refractivity contribution in [2.75, 3.05) is 0 Å². The predicted octanol–water partition coefficient (Wildman–Crippen LogP) is 5.49. The third kappa shape index (κ3) is 2.48. The van der Waals surface area contributed by atoms with Crippen molar-refractivity contribution in [1.29, 1.82) is 0 Å². The Labute approximate surface area is 124 Å². The first-order chi connectivity index (χ1) is 9.38. The maximum absolute atomic E-state index is 13.7. The monoisotopic (exact) mass is 370 g/mol. The highest BCUT2D eigenvalue weighted by Gasteiger charge is 2.30. The van der Waals surface area contributed by atoms with Gasteiger partial charge < -0.3 is 0 Å². The quantitative estimate of drug-likeness (QED) is 0.290. The van der Waals surface area contributed by atoms with Crippen molar-refractivity contribution in [1.82, 2.24) is 0 Å². The molecule has 0 aliphatic rings. The van der Waals surface area contributed by atoms with Gasteiger partial charge in [-0.1, -0.05) is 22.9 Å². The number of hydrogen-bond donors (Lipinski definition) is 0. The van der Waals surface area contributed by atoms with Crippen LogP contribution in [0.25, 0.3) is 0 Å². The Morgan fingerprint density at radius 3 is 1.90 bits per heavy atom. The van der Waals surface area contributed by atoms with Crippen LogP contribution in [0.2, 0.25) is 0 Å². The highest BCUT2D eigenvalue weighted by molar-refractivity contribution is 9.09. The van der Waals surface area contributed by atoms with E-state index in [2.05, 4.69) is 15.9 Å². The molecular weight excluding hydrogens is 363 g/mol. The summed E-state index contributed by atoms with van der Waals surface area (Å²) in [5, 5.41) is 0.